The summed E-state index contributed by atoms with van der Waals surface area (Å²) in [4.78, 5) is 12.8. The molecule has 1 heterocycles. The molecular weight excluding hydrogens is 324 g/mol. The number of rotatable bonds is 3. The van der Waals surface area contributed by atoms with Crippen molar-refractivity contribution in [1.82, 2.24) is 5.16 Å². The van der Waals surface area contributed by atoms with Crippen LogP contribution in [0.25, 0.3) is 11.3 Å². The first-order valence-electron chi connectivity index (χ1n) is 7.56. The van der Waals surface area contributed by atoms with Gasteiger partial charge in [0.2, 0.25) is 0 Å². The van der Waals surface area contributed by atoms with E-state index in [1.807, 2.05) is 32.0 Å². The van der Waals surface area contributed by atoms with Gasteiger partial charge < -0.3 is 9.84 Å². The average Bonchev–Trinajstić information content (AvgIpc) is 2.93. The number of carbonyl (C=O) groups excluding carboxylic acids is 1. The highest BCUT2D eigenvalue weighted by atomic mass is 35.5. The van der Waals surface area contributed by atoms with Crippen LogP contribution in [0.3, 0.4) is 0 Å². The zero-order valence-corrected chi connectivity index (χ0v) is 14.4. The maximum atomic E-state index is 12.8. The molecule has 1 amide bonds. The number of aryl methyl sites for hydroxylation is 3. The Bertz CT molecular complexity index is 898. The van der Waals surface area contributed by atoms with Gasteiger partial charge in [0.15, 0.2) is 5.76 Å². The summed E-state index contributed by atoms with van der Waals surface area (Å²) in [5.74, 6) is 0.194. The van der Waals surface area contributed by atoms with Crippen molar-refractivity contribution >= 4 is 23.2 Å². The van der Waals surface area contributed by atoms with Gasteiger partial charge in [-0.1, -0.05) is 28.9 Å². The number of hydrogen-bond acceptors (Lipinski definition) is 3. The molecule has 1 aromatic heterocycles. The Hall–Kier alpha value is -2.59. The summed E-state index contributed by atoms with van der Waals surface area (Å²) in [7, 11) is 0. The van der Waals surface area contributed by atoms with Crippen LogP contribution in [-0.2, 0) is 0 Å². The van der Waals surface area contributed by atoms with Crippen molar-refractivity contribution in [2.75, 3.05) is 5.32 Å². The van der Waals surface area contributed by atoms with Crippen LogP contribution in [0.1, 0.15) is 27.2 Å². The lowest BCUT2D eigenvalue weighted by molar-refractivity contribution is 0.102. The fraction of sp³-hybridized carbons (Fsp3) is 0.158. The van der Waals surface area contributed by atoms with Crippen molar-refractivity contribution in [1.29, 1.82) is 0 Å². The third-order valence-electron chi connectivity index (χ3n) is 3.84. The van der Waals surface area contributed by atoms with E-state index in [1.54, 1.807) is 31.2 Å². The van der Waals surface area contributed by atoms with E-state index in [0.717, 1.165) is 22.4 Å². The van der Waals surface area contributed by atoms with E-state index in [-0.39, 0.29) is 5.91 Å². The molecule has 0 saturated heterocycles. The van der Waals surface area contributed by atoms with Crippen LogP contribution < -0.4 is 5.32 Å². The summed E-state index contributed by atoms with van der Waals surface area (Å²) >= 11 is 5.92. The van der Waals surface area contributed by atoms with E-state index in [4.69, 9.17) is 16.1 Å². The van der Waals surface area contributed by atoms with Crippen LogP contribution in [-0.4, -0.2) is 11.1 Å². The molecule has 0 aliphatic carbocycles. The van der Waals surface area contributed by atoms with E-state index in [9.17, 15) is 4.79 Å². The van der Waals surface area contributed by atoms with Crippen LogP contribution >= 0.6 is 11.6 Å². The van der Waals surface area contributed by atoms with Gasteiger partial charge in [0.25, 0.3) is 5.91 Å². The molecule has 3 rings (SSSR count). The summed E-state index contributed by atoms with van der Waals surface area (Å²) in [6.45, 7) is 5.69. The van der Waals surface area contributed by atoms with Crippen LogP contribution in [0.4, 0.5) is 5.69 Å². The van der Waals surface area contributed by atoms with Gasteiger partial charge in [0.05, 0.1) is 5.69 Å². The van der Waals surface area contributed by atoms with Gasteiger partial charge in [0.1, 0.15) is 5.56 Å². The van der Waals surface area contributed by atoms with E-state index < -0.39 is 0 Å². The molecule has 24 heavy (non-hydrogen) atoms. The molecule has 0 radical (unpaired) electrons. The molecule has 0 bridgehead atoms. The van der Waals surface area contributed by atoms with Crippen LogP contribution in [0.15, 0.2) is 47.0 Å². The third-order valence-corrected chi connectivity index (χ3v) is 4.09. The van der Waals surface area contributed by atoms with E-state index in [2.05, 4.69) is 10.5 Å². The van der Waals surface area contributed by atoms with Crippen LogP contribution in [0.5, 0.6) is 0 Å². The van der Waals surface area contributed by atoms with Gasteiger partial charge in [-0.05, 0) is 62.2 Å². The van der Waals surface area contributed by atoms with Crippen molar-refractivity contribution < 1.29 is 9.32 Å². The van der Waals surface area contributed by atoms with Gasteiger partial charge in [-0.15, -0.1) is 0 Å². The van der Waals surface area contributed by atoms with Gasteiger partial charge in [-0.3, -0.25) is 4.79 Å². The minimum Gasteiger partial charge on any atom is -0.355 e. The maximum Gasteiger partial charge on any atom is 0.261 e. The third kappa shape index (κ3) is 3.19. The molecule has 122 valence electrons. The number of anilines is 1. The Kier molecular flexibility index (Phi) is 4.40. The minimum atomic E-state index is -0.243. The second kappa shape index (κ2) is 6.49. The normalized spacial score (nSPS) is 10.7. The zero-order valence-electron chi connectivity index (χ0n) is 13.7. The highest BCUT2D eigenvalue weighted by molar-refractivity contribution is 6.30. The first kappa shape index (κ1) is 16.3. The standard InChI is InChI=1S/C19H17ClN2O2/c1-11-4-5-12(2)16(10-11)21-19(23)17-13(3)22-24-18(17)14-6-8-15(20)9-7-14/h4-10H,1-3H3,(H,21,23). The Labute approximate surface area is 145 Å². The molecule has 2 aromatic carbocycles. The monoisotopic (exact) mass is 340 g/mol. The number of aromatic nitrogens is 1. The Morgan fingerprint density at radius 1 is 1.08 bits per heavy atom. The van der Waals surface area contributed by atoms with Crippen LogP contribution in [0, 0.1) is 20.8 Å². The predicted molar refractivity (Wildman–Crippen MR) is 95.6 cm³/mol. The van der Waals surface area contributed by atoms with Crippen molar-refractivity contribution in [3.63, 3.8) is 0 Å². The fourth-order valence-electron chi connectivity index (χ4n) is 2.49. The molecule has 3 aromatic rings. The molecule has 0 aliphatic heterocycles. The SMILES string of the molecule is Cc1ccc(C)c(NC(=O)c2c(C)noc2-c2ccc(Cl)cc2)c1. The van der Waals surface area contributed by atoms with Crippen molar-refractivity contribution in [2.45, 2.75) is 20.8 Å². The zero-order chi connectivity index (χ0) is 17.3. The average molecular weight is 341 g/mol. The quantitative estimate of drug-likeness (QED) is 0.715. The number of carbonyl (C=O) groups is 1. The predicted octanol–water partition coefficient (Wildman–Crippen LogP) is 5.17. The number of benzene rings is 2. The van der Waals surface area contributed by atoms with Crippen LogP contribution in [0.2, 0.25) is 5.02 Å². The molecule has 4 nitrogen and oxygen atoms in total. The molecule has 1 N–H and O–H groups in total. The second-order valence-electron chi connectivity index (χ2n) is 5.75. The van der Waals surface area contributed by atoms with E-state index in [0.29, 0.717) is 22.0 Å². The van der Waals surface area contributed by atoms with Crippen molar-refractivity contribution in [2.24, 2.45) is 0 Å². The number of nitrogens with one attached hydrogen (secondary N) is 1. The Balaban J connectivity index is 1.97. The second-order valence-corrected chi connectivity index (χ2v) is 6.19. The molecular formula is C19H17ClN2O2. The fourth-order valence-corrected chi connectivity index (χ4v) is 2.62. The number of nitrogens with zero attached hydrogens (tertiary/aromatic N) is 1. The molecule has 5 heteroatoms. The molecule has 0 aliphatic rings. The highest BCUT2D eigenvalue weighted by Crippen LogP contribution is 2.28. The molecule has 0 unspecified atom stereocenters. The van der Waals surface area contributed by atoms with Gasteiger partial charge in [-0.25, -0.2) is 0 Å². The van der Waals surface area contributed by atoms with Crippen molar-refractivity contribution in [3.8, 4) is 11.3 Å². The van der Waals surface area contributed by atoms with Gasteiger partial charge in [-0.2, -0.15) is 0 Å². The molecule has 0 saturated carbocycles. The first-order valence-corrected chi connectivity index (χ1v) is 7.94. The number of halogens is 1. The summed E-state index contributed by atoms with van der Waals surface area (Å²) in [5.41, 5.74) is 4.58. The minimum absolute atomic E-state index is 0.243. The maximum absolute atomic E-state index is 12.8. The topological polar surface area (TPSA) is 55.1 Å². The molecule has 0 fully saturated rings. The Morgan fingerprint density at radius 2 is 1.79 bits per heavy atom. The number of amides is 1. The van der Waals surface area contributed by atoms with E-state index >= 15 is 0 Å². The highest BCUT2D eigenvalue weighted by Gasteiger charge is 2.22. The Morgan fingerprint density at radius 3 is 2.50 bits per heavy atom. The lowest BCUT2D eigenvalue weighted by atomic mass is 10.1. The molecule has 0 atom stereocenters. The summed E-state index contributed by atoms with van der Waals surface area (Å²) in [5, 5.41) is 7.52. The van der Waals surface area contributed by atoms with E-state index in [1.165, 1.54) is 0 Å². The summed E-state index contributed by atoms with van der Waals surface area (Å²) in [6, 6.07) is 13.0. The lowest BCUT2D eigenvalue weighted by Gasteiger charge is -2.09. The van der Waals surface area contributed by atoms with Gasteiger partial charge in [0, 0.05) is 16.3 Å². The lowest BCUT2D eigenvalue weighted by Crippen LogP contribution is -2.14. The first-order chi connectivity index (χ1) is 11.5. The largest absolute Gasteiger partial charge is 0.355 e. The molecule has 0 spiro atoms. The smallest absolute Gasteiger partial charge is 0.261 e. The summed E-state index contributed by atoms with van der Waals surface area (Å²) < 4.78 is 5.38. The van der Waals surface area contributed by atoms with Crippen molar-refractivity contribution in [3.05, 3.63) is 69.9 Å². The number of hydrogen-bond donors (Lipinski definition) is 1. The van der Waals surface area contributed by atoms with Gasteiger partial charge >= 0.3 is 0 Å². The summed E-state index contributed by atoms with van der Waals surface area (Å²) in [6.07, 6.45) is 0.